The number of rotatable bonds is 3. The van der Waals surface area contributed by atoms with E-state index in [0.29, 0.717) is 11.3 Å². The van der Waals surface area contributed by atoms with E-state index < -0.39 is 5.91 Å². The molecule has 0 heterocycles. The van der Waals surface area contributed by atoms with Crippen molar-refractivity contribution in [2.75, 3.05) is 18.5 Å². The molecule has 2 amide bonds. The molecule has 0 saturated heterocycles. The highest BCUT2D eigenvalue weighted by Crippen LogP contribution is 2.14. The summed E-state index contributed by atoms with van der Waals surface area (Å²) in [5.74, 6) is -0.621. The fraction of sp³-hybridized carbons (Fsp3) is 0.200. The predicted molar refractivity (Wildman–Crippen MR) is 56.1 cm³/mol. The van der Waals surface area contributed by atoms with Gasteiger partial charge in [-0.25, -0.2) is 0 Å². The number of carbonyl (C=O) groups is 2. The van der Waals surface area contributed by atoms with Crippen LogP contribution < -0.4 is 16.4 Å². The second kappa shape index (κ2) is 4.56. The number of hydrogen-bond acceptors (Lipinski definition) is 2. The fourth-order valence-corrected chi connectivity index (χ4v) is 1.18. The molecule has 5 heteroatoms. The lowest BCUT2D eigenvalue weighted by Crippen LogP contribution is -2.57. The Bertz CT molecular complexity index is 390. The first kappa shape index (κ1) is 11.2. The normalized spacial score (nSPS) is 9.73. The van der Waals surface area contributed by atoms with Crippen LogP contribution in [0.25, 0.3) is 0 Å². The molecule has 0 fully saturated rings. The van der Waals surface area contributed by atoms with Gasteiger partial charge in [-0.2, -0.15) is 0 Å². The van der Waals surface area contributed by atoms with E-state index in [1.807, 2.05) is 0 Å². The van der Waals surface area contributed by atoms with Gasteiger partial charge in [0.2, 0.25) is 5.91 Å². The number of benzene rings is 1. The van der Waals surface area contributed by atoms with Gasteiger partial charge in [-0.1, -0.05) is 6.07 Å². The third-order valence-electron chi connectivity index (χ3n) is 2.11. The van der Waals surface area contributed by atoms with Crippen molar-refractivity contribution in [1.82, 2.24) is 0 Å². The van der Waals surface area contributed by atoms with Gasteiger partial charge >= 0.3 is 0 Å². The van der Waals surface area contributed by atoms with Crippen LogP contribution in [-0.4, -0.2) is 25.4 Å². The van der Waals surface area contributed by atoms with Gasteiger partial charge in [-0.05, 0) is 18.2 Å². The molecule has 1 rings (SSSR count). The van der Waals surface area contributed by atoms with Crippen LogP contribution in [0.3, 0.4) is 0 Å². The topological polar surface area (TPSA) is 91.0 Å². The van der Waals surface area contributed by atoms with E-state index in [4.69, 9.17) is 5.73 Å². The maximum atomic E-state index is 11.3. The number of carbonyl (C=O) groups excluding carboxylic acids is 2. The molecular weight excluding hydrogens is 194 g/mol. The lowest BCUT2D eigenvalue weighted by atomic mass is 10.2. The Kier molecular flexibility index (Phi) is 3.41. The highest BCUT2D eigenvalue weighted by Gasteiger charge is 2.11. The van der Waals surface area contributed by atoms with Crippen molar-refractivity contribution in [2.24, 2.45) is 5.73 Å². The van der Waals surface area contributed by atoms with Gasteiger partial charge < -0.3 is 16.4 Å². The first-order valence-corrected chi connectivity index (χ1v) is 4.52. The molecule has 0 radical (unpaired) electrons. The Morgan fingerprint density at radius 3 is 2.67 bits per heavy atom. The average molecular weight is 208 g/mol. The summed E-state index contributed by atoms with van der Waals surface area (Å²) in [6, 6.07) is 6.60. The zero-order chi connectivity index (χ0) is 11.4. The molecule has 0 aliphatic heterocycles. The fourth-order valence-electron chi connectivity index (χ4n) is 1.18. The van der Waals surface area contributed by atoms with Crippen LogP contribution in [0.2, 0.25) is 0 Å². The van der Waals surface area contributed by atoms with Crippen molar-refractivity contribution < 1.29 is 15.3 Å². The zero-order valence-corrected chi connectivity index (χ0v) is 8.56. The Morgan fingerprint density at radius 1 is 1.47 bits per heavy atom. The third kappa shape index (κ3) is 2.54. The number of amides is 2. The molecular formula is C10H14N3O2+. The molecule has 1 aromatic carbocycles. The van der Waals surface area contributed by atoms with Crippen LogP contribution in [-0.2, 0) is 4.79 Å². The molecule has 80 valence electrons. The van der Waals surface area contributed by atoms with Crippen molar-refractivity contribution in [3.8, 4) is 0 Å². The summed E-state index contributed by atoms with van der Waals surface area (Å²) in [5, 5.41) is 0. The first-order valence-electron chi connectivity index (χ1n) is 4.52. The van der Waals surface area contributed by atoms with Crippen LogP contribution in [0.5, 0.6) is 0 Å². The Labute approximate surface area is 87.7 Å². The number of nitrogens with two attached hydrogens (primary N) is 1. The van der Waals surface area contributed by atoms with E-state index in [0.717, 1.165) is 0 Å². The summed E-state index contributed by atoms with van der Waals surface area (Å²) in [7, 11) is 1.63. The van der Waals surface area contributed by atoms with Crippen molar-refractivity contribution in [2.45, 2.75) is 0 Å². The van der Waals surface area contributed by atoms with Crippen molar-refractivity contribution in [3.05, 3.63) is 29.8 Å². The van der Waals surface area contributed by atoms with Gasteiger partial charge in [0.05, 0.1) is 0 Å². The van der Waals surface area contributed by atoms with Crippen LogP contribution in [0.15, 0.2) is 24.3 Å². The molecule has 0 unspecified atom stereocenters. The summed E-state index contributed by atoms with van der Waals surface area (Å²) in [6.07, 6.45) is 0. The maximum absolute atomic E-state index is 11.3. The minimum Gasteiger partial charge on any atom is -0.366 e. The summed E-state index contributed by atoms with van der Waals surface area (Å²) in [5.41, 5.74) is 9.67. The van der Waals surface area contributed by atoms with Crippen molar-refractivity contribution >= 4 is 17.5 Å². The molecule has 0 bridgehead atoms. The van der Waals surface area contributed by atoms with Gasteiger partial charge in [-0.3, -0.25) is 9.59 Å². The second-order valence-electron chi connectivity index (χ2n) is 3.12. The van der Waals surface area contributed by atoms with Gasteiger partial charge in [0, 0.05) is 18.3 Å². The Hall–Kier alpha value is -1.88. The van der Waals surface area contributed by atoms with Crippen molar-refractivity contribution in [1.29, 1.82) is 0 Å². The SMILES string of the molecule is CN(C(=O)C[NH3+])c1cccc(C(N)=O)c1. The minimum atomic E-state index is -0.507. The maximum Gasteiger partial charge on any atom is 0.281 e. The standard InChI is InChI=1S/C10H13N3O2/c1-13(9(14)6-11)8-4-2-3-7(5-8)10(12)15/h2-5H,6,11H2,1H3,(H2,12,15)/p+1. The van der Waals surface area contributed by atoms with Crippen LogP contribution in [0, 0.1) is 0 Å². The number of quaternary nitrogens is 1. The van der Waals surface area contributed by atoms with Gasteiger partial charge in [-0.15, -0.1) is 0 Å². The van der Waals surface area contributed by atoms with E-state index in [-0.39, 0.29) is 12.5 Å². The second-order valence-corrected chi connectivity index (χ2v) is 3.12. The predicted octanol–water partition coefficient (Wildman–Crippen LogP) is -1.01. The molecule has 1 aromatic rings. The van der Waals surface area contributed by atoms with E-state index in [9.17, 15) is 9.59 Å². The summed E-state index contributed by atoms with van der Waals surface area (Å²) in [6.45, 7) is 0.178. The largest absolute Gasteiger partial charge is 0.366 e. The van der Waals surface area contributed by atoms with Crippen LogP contribution in [0.1, 0.15) is 10.4 Å². The highest BCUT2D eigenvalue weighted by molar-refractivity contribution is 5.97. The van der Waals surface area contributed by atoms with E-state index >= 15 is 0 Å². The zero-order valence-electron chi connectivity index (χ0n) is 8.56. The van der Waals surface area contributed by atoms with Crippen molar-refractivity contribution in [3.63, 3.8) is 0 Å². The molecule has 0 aromatic heterocycles. The first-order chi connectivity index (χ1) is 7.06. The monoisotopic (exact) mass is 208 g/mol. The number of anilines is 1. The molecule has 0 atom stereocenters. The van der Waals surface area contributed by atoms with Crippen LogP contribution >= 0.6 is 0 Å². The summed E-state index contributed by atoms with van der Waals surface area (Å²) >= 11 is 0. The van der Waals surface area contributed by atoms with Gasteiger partial charge in [0.1, 0.15) is 0 Å². The highest BCUT2D eigenvalue weighted by atomic mass is 16.2. The quantitative estimate of drug-likeness (QED) is 0.666. The summed E-state index contributed by atoms with van der Waals surface area (Å²) in [4.78, 5) is 23.7. The Morgan fingerprint density at radius 2 is 2.13 bits per heavy atom. The smallest absolute Gasteiger partial charge is 0.281 e. The number of nitrogens with zero attached hydrogens (tertiary/aromatic N) is 1. The van der Waals surface area contributed by atoms with Gasteiger partial charge in [0.25, 0.3) is 5.91 Å². The van der Waals surface area contributed by atoms with E-state index in [2.05, 4.69) is 5.73 Å². The number of likely N-dealkylation sites (N-methyl/N-ethyl adjacent to an activating group) is 1. The van der Waals surface area contributed by atoms with E-state index in [1.54, 1.807) is 31.3 Å². The molecule has 5 nitrogen and oxygen atoms in total. The minimum absolute atomic E-state index is 0.114. The lowest BCUT2D eigenvalue weighted by molar-refractivity contribution is -0.354. The molecule has 5 N–H and O–H groups in total. The molecule has 0 aliphatic rings. The lowest BCUT2D eigenvalue weighted by Gasteiger charge is -2.15. The average Bonchev–Trinajstić information content (AvgIpc) is 2.27. The number of primary amides is 1. The molecule has 0 saturated carbocycles. The molecule has 0 aliphatic carbocycles. The van der Waals surface area contributed by atoms with Crippen LogP contribution in [0.4, 0.5) is 5.69 Å². The third-order valence-corrected chi connectivity index (χ3v) is 2.11. The molecule has 0 spiro atoms. The Balaban J connectivity index is 3.00. The number of hydrogen-bond donors (Lipinski definition) is 2. The van der Waals surface area contributed by atoms with Gasteiger partial charge in [0.15, 0.2) is 6.54 Å². The summed E-state index contributed by atoms with van der Waals surface area (Å²) < 4.78 is 0. The van der Waals surface area contributed by atoms with E-state index in [1.165, 1.54) is 4.90 Å². The molecule has 15 heavy (non-hydrogen) atoms.